The summed E-state index contributed by atoms with van der Waals surface area (Å²) in [5, 5.41) is 8.81. The second-order valence-corrected chi connectivity index (χ2v) is 6.25. The summed E-state index contributed by atoms with van der Waals surface area (Å²) in [7, 11) is 1.65. The van der Waals surface area contributed by atoms with E-state index in [0.717, 1.165) is 55.7 Å². The highest BCUT2D eigenvalue weighted by Crippen LogP contribution is 2.17. The summed E-state index contributed by atoms with van der Waals surface area (Å²) in [6, 6.07) is 14.4. The van der Waals surface area contributed by atoms with Crippen molar-refractivity contribution in [3.05, 3.63) is 71.6 Å². The molecule has 0 radical (unpaired) electrons. The largest absolute Gasteiger partial charge is 0.495 e. The zero-order chi connectivity index (χ0) is 17.1. The van der Waals surface area contributed by atoms with Crippen molar-refractivity contribution >= 4 is 0 Å². The Labute approximate surface area is 147 Å². The van der Waals surface area contributed by atoms with E-state index in [1.165, 1.54) is 5.56 Å². The number of rotatable bonds is 5. The van der Waals surface area contributed by atoms with Crippen molar-refractivity contribution in [3.63, 3.8) is 0 Å². The first-order valence-electron chi connectivity index (χ1n) is 8.48. The van der Waals surface area contributed by atoms with Gasteiger partial charge in [-0.1, -0.05) is 30.3 Å². The fraction of sp³-hybridized carbons (Fsp3) is 0.316. The van der Waals surface area contributed by atoms with Crippen LogP contribution < -0.4 is 4.74 Å². The van der Waals surface area contributed by atoms with Gasteiger partial charge in [-0.2, -0.15) is 0 Å². The molecule has 6 heteroatoms. The Kier molecular flexibility index (Phi) is 4.43. The predicted octanol–water partition coefficient (Wildman–Crippen LogP) is 2.29. The minimum atomic E-state index is 0.785. The number of benzene rings is 1. The van der Waals surface area contributed by atoms with Crippen LogP contribution in [0.3, 0.4) is 0 Å². The minimum absolute atomic E-state index is 0.785. The highest BCUT2D eigenvalue weighted by molar-refractivity contribution is 5.21. The van der Waals surface area contributed by atoms with Crippen molar-refractivity contribution in [3.8, 4) is 5.75 Å². The summed E-state index contributed by atoms with van der Waals surface area (Å²) in [5.74, 6) is 2.86. The van der Waals surface area contributed by atoms with Gasteiger partial charge >= 0.3 is 0 Å². The maximum Gasteiger partial charge on any atom is 0.147 e. The van der Waals surface area contributed by atoms with E-state index in [4.69, 9.17) is 4.74 Å². The first-order valence-corrected chi connectivity index (χ1v) is 8.48. The number of ether oxygens (including phenoxy) is 1. The summed E-state index contributed by atoms with van der Waals surface area (Å²) in [5.41, 5.74) is 2.31. The van der Waals surface area contributed by atoms with Crippen LogP contribution in [0.2, 0.25) is 0 Å². The predicted molar refractivity (Wildman–Crippen MR) is 94.2 cm³/mol. The van der Waals surface area contributed by atoms with Gasteiger partial charge in [0.05, 0.1) is 25.5 Å². The van der Waals surface area contributed by atoms with Crippen LogP contribution >= 0.6 is 0 Å². The van der Waals surface area contributed by atoms with E-state index in [-0.39, 0.29) is 0 Å². The van der Waals surface area contributed by atoms with Crippen LogP contribution in [0.5, 0.6) is 5.75 Å². The van der Waals surface area contributed by atoms with Crippen molar-refractivity contribution in [2.75, 3.05) is 13.7 Å². The lowest BCUT2D eigenvalue weighted by Gasteiger charge is -2.27. The molecule has 1 aliphatic heterocycles. The van der Waals surface area contributed by atoms with Crippen LogP contribution in [0, 0.1) is 0 Å². The number of hydrogen-bond acceptors (Lipinski definition) is 5. The van der Waals surface area contributed by atoms with E-state index in [1.54, 1.807) is 13.3 Å². The summed E-state index contributed by atoms with van der Waals surface area (Å²) < 4.78 is 7.41. The smallest absolute Gasteiger partial charge is 0.147 e. The molecule has 0 spiro atoms. The molecule has 128 valence electrons. The van der Waals surface area contributed by atoms with E-state index in [2.05, 4.69) is 48.9 Å². The van der Waals surface area contributed by atoms with Gasteiger partial charge in [0.2, 0.25) is 0 Å². The monoisotopic (exact) mass is 335 g/mol. The number of aromatic nitrogens is 4. The molecular weight excluding hydrogens is 314 g/mol. The molecule has 0 bridgehead atoms. The number of nitrogens with zero attached hydrogens (tertiary/aromatic N) is 5. The van der Waals surface area contributed by atoms with Gasteiger partial charge in [0.25, 0.3) is 0 Å². The quantitative estimate of drug-likeness (QED) is 0.716. The maximum absolute atomic E-state index is 5.16. The molecule has 3 aromatic rings. The Morgan fingerprint density at radius 2 is 1.92 bits per heavy atom. The molecule has 0 atom stereocenters. The molecule has 0 aliphatic carbocycles. The Hall–Kier alpha value is -2.73. The van der Waals surface area contributed by atoms with Crippen LogP contribution in [0.1, 0.15) is 22.9 Å². The molecule has 1 aromatic carbocycles. The fourth-order valence-corrected chi connectivity index (χ4v) is 3.17. The molecular formula is C19H21N5O. The Morgan fingerprint density at radius 1 is 1.04 bits per heavy atom. The number of pyridine rings is 1. The van der Waals surface area contributed by atoms with Gasteiger partial charge in [-0.25, -0.2) is 0 Å². The first kappa shape index (κ1) is 15.8. The SMILES string of the molecule is COc1ccc(CN2CCn3c(Cc4ccccc4)nnc3C2)nc1. The highest BCUT2D eigenvalue weighted by Gasteiger charge is 2.21. The minimum Gasteiger partial charge on any atom is -0.495 e. The van der Waals surface area contributed by atoms with E-state index in [1.807, 2.05) is 18.2 Å². The topological polar surface area (TPSA) is 56.1 Å². The molecule has 3 heterocycles. The average molecular weight is 335 g/mol. The summed E-state index contributed by atoms with van der Waals surface area (Å²) in [6.45, 7) is 3.50. The molecule has 25 heavy (non-hydrogen) atoms. The first-order chi connectivity index (χ1) is 12.3. The second kappa shape index (κ2) is 7.03. The molecule has 0 amide bonds. The third-order valence-corrected chi connectivity index (χ3v) is 4.53. The third kappa shape index (κ3) is 3.53. The standard InChI is InChI=1S/C19H21N5O/c1-25-17-8-7-16(20-12-17)13-23-9-10-24-18(21-22-19(24)14-23)11-15-5-3-2-4-6-15/h2-8,12H,9-11,13-14H2,1H3. The van der Waals surface area contributed by atoms with Crippen LogP contribution in [-0.4, -0.2) is 38.3 Å². The van der Waals surface area contributed by atoms with Crippen molar-refractivity contribution in [1.82, 2.24) is 24.6 Å². The molecule has 1 aliphatic rings. The second-order valence-electron chi connectivity index (χ2n) is 6.25. The molecule has 0 saturated heterocycles. The normalized spacial score (nSPS) is 14.3. The van der Waals surface area contributed by atoms with E-state index >= 15 is 0 Å². The molecule has 0 saturated carbocycles. The van der Waals surface area contributed by atoms with Gasteiger partial charge in [0, 0.05) is 26.1 Å². The fourth-order valence-electron chi connectivity index (χ4n) is 3.17. The van der Waals surface area contributed by atoms with Gasteiger partial charge < -0.3 is 9.30 Å². The van der Waals surface area contributed by atoms with Gasteiger partial charge in [0.15, 0.2) is 0 Å². The van der Waals surface area contributed by atoms with Crippen LogP contribution in [0.15, 0.2) is 48.7 Å². The van der Waals surface area contributed by atoms with Crippen molar-refractivity contribution < 1.29 is 4.74 Å². The van der Waals surface area contributed by atoms with Crippen molar-refractivity contribution in [1.29, 1.82) is 0 Å². The van der Waals surface area contributed by atoms with Gasteiger partial charge in [0.1, 0.15) is 17.4 Å². The summed E-state index contributed by atoms with van der Waals surface area (Å²) in [6.07, 6.45) is 2.59. The zero-order valence-corrected chi connectivity index (χ0v) is 14.3. The third-order valence-electron chi connectivity index (χ3n) is 4.53. The summed E-state index contributed by atoms with van der Waals surface area (Å²) in [4.78, 5) is 6.80. The Balaban J connectivity index is 1.43. The maximum atomic E-state index is 5.16. The van der Waals surface area contributed by atoms with Crippen molar-refractivity contribution in [2.45, 2.75) is 26.1 Å². The van der Waals surface area contributed by atoms with Crippen LogP contribution in [-0.2, 0) is 26.1 Å². The molecule has 0 N–H and O–H groups in total. The lowest BCUT2D eigenvalue weighted by Crippen LogP contribution is -2.34. The zero-order valence-electron chi connectivity index (χ0n) is 14.3. The van der Waals surface area contributed by atoms with Gasteiger partial charge in [-0.3, -0.25) is 9.88 Å². The van der Waals surface area contributed by atoms with Gasteiger partial charge in [-0.15, -0.1) is 10.2 Å². The van der Waals surface area contributed by atoms with Crippen molar-refractivity contribution in [2.24, 2.45) is 0 Å². The van der Waals surface area contributed by atoms with E-state index in [9.17, 15) is 0 Å². The number of fused-ring (bicyclic) bond motifs is 1. The summed E-state index contributed by atoms with van der Waals surface area (Å²) >= 11 is 0. The van der Waals surface area contributed by atoms with Crippen LogP contribution in [0.25, 0.3) is 0 Å². The lowest BCUT2D eigenvalue weighted by atomic mass is 10.1. The van der Waals surface area contributed by atoms with E-state index < -0.39 is 0 Å². The van der Waals surface area contributed by atoms with E-state index in [0.29, 0.717) is 0 Å². The molecule has 2 aromatic heterocycles. The average Bonchev–Trinajstić information content (AvgIpc) is 3.05. The molecule has 6 nitrogen and oxygen atoms in total. The van der Waals surface area contributed by atoms with Crippen LogP contribution in [0.4, 0.5) is 0 Å². The highest BCUT2D eigenvalue weighted by atomic mass is 16.5. The molecule has 0 unspecified atom stereocenters. The Bertz CT molecular complexity index is 829. The molecule has 0 fully saturated rings. The lowest BCUT2D eigenvalue weighted by molar-refractivity contribution is 0.205. The Morgan fingerprint density at radius 3 is 2.68 bits per heavy atom. The molecule has 4 rings (SSSR count). The van der Waals surface area contributed by atoms with Gasteiger partial charge in [-0.05, 0) is 17.7 Å². The number of hydrogen-bond donors (Lipinski definition) is 0. The number of methoxy groups -OCH3 is 1.